The van der Waals surface area contributed by atoms with Crippen molar-refractivity contribution in [1.29, 1.82) is 0 Å². The van der Waals surface area contributed by atoms with Crippen LogP contribution in [0.5, 0.6) is 0 Å². The maximum absolute atomic E-state index is 10.9. The van der Waals surface area contributed by atoms with Crippen LogP contribution in [0.3, 0.4) is 0 Å². The number of hydrogen-bond acceptors (Lipinski definition) is 5. The summed E-state index contributed by atoms with van der Waals surface area (Å²) in [7, 11) is 0. The molecule has 1 fully saturated rings. The van der Waals surface area contributed by atoms with Gasteiger partial charge in [-0.25, -0.2) is 4.98 Å². The van der Waals surface area contributed by atoms with Gasteiger partial charge in [0.15, 0.2) is 5.15 Å². The Morgan fingerprint density at radius 3 is 3.06 bits per heavy atom. The Kier molecular flexibility index (Phi) is 3.88. The van der Waals surface area contributed by atoms with Gasteiger partial charge in [-0.3, -0.25) is 14.7 Å². The van der Waals surface area contributed by atoms with E-state index in [2.05, 4.69) is 15.3 Å². The van der Waals surface area contributed by atoms with Crippen LogP contribution in [0.4, 0.5) is 0 Å². The summed E-state index contributed by atoms with van der Waals surface area (Å²) in [5.74, 6) is -0.833. The minimum Gasteiger partial charge on any atom is -0.480 e. The average Bonchev–Trinajstić information content (AvgIpc) is 2.32. The van der Waals surface area contributed by atoms with Crippen LogP contribution < -0.4 is 5.32 Å². The molecule has 2 rings (SSSR count). The zero-order chi connectivity index (χ0) is 12.3. The Hall–Kier alpha value is -1.24. The van der Waals surface area contributed by atoms with Crippen LogP contribution in [0.1, 0.15) is 5.69 Å². The Morgan fingerprint density at radius 2 is 2.35 bits per heavy atom. The van der Waals surface area contributed by atoms with Crippen LogP contribution in [0.25, 0.3) is 0 Å². The molecule has 2 heterocycles. The first-order chi connectivity index (χ1) is 8.16. The van der Waals surface area contributed by atoms with Gasteiger partial charge in [0.2, 0.25) is 0 Å². The molecule has 1 aromatic rings. The third-order valence-corrected chi connectivity index (χ3v) is 2.97. The Balaban J connectivity index is 1.99. The molecule has 1 saturated heterocycles. The number of carboxylic acids is 1. The van der Waals surface area contributed by atoms with Crippen molar-refractivity contribution < 1.29 is 9.90 Å². The second kappa shape index (κ2) is 5.39. The maximum Gasteiger partial charge on any atom is 0.322 e. The van der Waals surface area contributed by atoms with Crippen molar-refractivity contribution in [2.24, 2.45) is 0 Å². The molecule has 1 aliphatic heterocycles. The largest absolute Gasteiger partial charge is 0.480 e. The number of nitrogens with zero attached hydrogens (tertiary/aromatic N) is 3. The van der Waals surface area contributed by atoms with Gasteiger partial charge >= 0.3 is 5.97 Å². The van der Waals surface area contributed by atoms with E-state index in [9.17, 15) is 4.79 Å². The SMILES string of the molecule is O=C(O)[C@@H]1CN(Cc2nccnc2Cl)CCN1. The topological polar surface area (TPSA) is 78.3 Å². The molecule has 0 aromatic carbocycles. The standard InChI is InChI=1S/C10H13ClN4O2/c11-9-7(12-1-2-14-9)5-15-4-3-13-8(6-15)10(16)17/h1-2,8,13H,3-6H2,(H,16,17)/t8-/m0/s1. The van der Waals surface area contributed by atoms with E-state index in [1.165, 1.54) is 6.20 Å². The second-order valence-electron chi connectivity index (χ2n) is 3.87. The van der Waals surface area contributed by atoms with E-state index in [1.807, 2.05) is 4.90 Å². The first-order valence-corrected chi connectivity index (χ1v) is 5.68. The number of aromatic nitrogens is 2. The second-order valence-corrected chi connectivity index (χ2v) is 4.23. The van der Waals surface area contributed by atoms with Gasteiger partial charge in [0.05, 0.1) is 5.69 Å². The van der Waals surface area contributed by atoms with Crippen molar-refractivity contribution in [3.8, 4) is 0 Å². The highest BCUT2D eigenvalue weighted by atomic mass is 35.5. The average molecular weight is 257 g/mol. The minimum absolute atomic E-state index is 0.373. The number of piperazine rings is 1. The van der Waals surface area contributed by atoms with Gasteiger partial charge < -0.3 is 10.4 Å². The highest BCUT2D eigenvalue weighted by molar-refractivity contribution is 6.29. The molecule has 0 spiro atoms. The third kappa shape index (κ3) is 3.12. The van der Waals surface area contributed by atoms with E-state index in [1.54, 1.807) is 6.20 Å². The number of hydrogen-bond donors (Lipinski definition) is 2. The lowest BCUT2D eigenvalue weighted by Crippen LogP contribution is -2.53. The van der Waals surface area contributed by atoms with Crippen LogP contribution in [-0.4, -0.2) is 51.6 Å². The number of carbonyl (C=O) groups is 1. The summed E-state index contributed by atoms with van der Waals surface area (Å²) in [6.07, 6.45) is 3.11. The van der Waals surface area contributed by atoms with E-state index >= 15 is 0 Å². The normalized spacial score (nSPS) is 21.4. The number of halogens is 1. The molecule has 0 amide bonds. The molecule has 1 aromatic heterocycles. The van der Waals surface area contributed by atoms with Crippen molar-refractivity contribution in [2.45, 2.75) is 12.6 Å². The molecule has 0 radical (unpaired) electrons. The molecule has 1 atom stereocenters. The van der Waals surface area contributed by atoms with Crippen molar-refractivity contribution >= 4 is 17.6 Å². The lowest BCUT2D eigenvalue weighted by atomic mass is 10.2. The smallest absolute Gasteiger partial charge is 0.322 e. The van der Waals surface area contributed by atoms with Crippen LogP contribution >= 0.6 is 11.6 Å². The molecular formula is C10H13ClN4O2. The molecule has 2 N–H and O–H groups in total. The van der Waals surface area contributed by atoms with E-state index in [4.69, 9.17) is 16.7 Å². The van der Waals surface area contributed by atoms with Crippen LogP contribution in [-0.2, 0) is 11.3 Å². The zero-order valence-electron chi connectivity index (χ0n) is 9.14. The summed E-state index contributed by atoms with van der Waals surface area (Å²) in [4.78, 5) is 21.0. The molecule has 0 aliphatic carbocycles. The summed E-state index contributed by atoms with van der Waals surface area (Å²) < 4.78 is 0. The quantitative estimate of drug-likeness (QED) is 0.792. The van der Waals surface area contributed by atoms with Crippen molar-refractivity contribution in [3.05, 3.63) is 23.2 Å². The van der Waals surface area contributed by atoms with E-state index < -0.39 is 12.0 Å². The molecule has 7 heteroatoms. The molecule has 17 heavy (non-hydrogen) atoms. The predicted molar refractivity (Wildman–Crippen MR) is 61.7 cm³/mol. The fourth-order valence-electron chi connectivity index (χ4n) is 1.79. The fourth-order valence-corrected chi connectivity index (χ4v) is 1.95. The molecule has 0 bridgehead atoms. The van der Waals surface area contributed by atoms with E-state index in [-0.39, 0.29) is 0 Å². The van der Waals surface area contributed by atoms with Gasteiger partial charge in [-0.15, -0.1) is 0 Å². The molecular weight excluding hydrogens is 244 g/mol. The number of rotatable bonds is 3. The highest BCUT2D eigenvalue weighted by Crippen LogP contribution is 2.12. The van der Waals surface area contributed by atoms with Crippen molar-refractivity contribution in [1.82, 2.24) is 20.2 Å². The Bertz CT molecular complexity index is 415. The van der Waals surface area contributed by atoms with Crippen LogP contribution in [0, 0.1) is 0 Å². The van der Waals surface area contributed by atoms with E-state index in [0.29, 0.717) is 30.5 Å². The summed E-state index contributed by atoms with van der Waals surface area (Å²) >= 11 is 5.91. The van der Waals surface area contributed by atoms with Gasteiger partial charge in [-0.05, 0) is 0 Å². The Morgan fingerprint density at radius 1 is 1.59 bits per heavy atom. The third-order valence-electron chi connectivity index (χ3n) is 2.65. The van der Waals surface area contributed by atoms with Gasteiger partial charge in [0.25, 0.3) is 0 Å². The summed E-state index contributed by atoms with van der Waals surface area (Å²) in [6, 6.07) is -0.529. The fraction of sp³-hybridized carbons (Fsp3) is 0.500. The van der Waals surface area contributed by atoms with E-state index in [0.717, 1.165) is 6.54 Å². The Labute approximate surface area is 104 Å². The van der Waals surface area contributed by atoms with Crippen LogP contribution in [0.15, 0.2) is 12.4 Å². The highest BCUT2D eigenvalue weighted by Gasteiger charge is 2.25. The lowest BCUT2D eigenvalue weighted by molar-refractivity contribution is -0.140. The molecule has 0 unspecified atom stereocenters. The first kappa shape index (κ1) is 12.2. The van der Waals surface area contributed by atoms with Crippen LogP contribution in [0.2, 0.25) is 5.15 Å². The summed E-state index contributed by atoms with van der Waals surface area (Å²) in [5, 5.41) is 12.2. The van der Waals surface area contributed by atoms with Crippen molar-refractivity contribution in [3.63, 3.8) is 0 Å². The zero-order valence-corrected chi connectivity index (χ0v) is 9.89. The van der Waals surface area contributed by atoms with Gasteiger partial charge in [-0.2, -0.15) is 0 Å². The summed E-state index contributed by atoms with van der Waals surface area (Å²) in [5.41, 5.74) is 0.681. The number of nitrogens with one attached hydrogen (secondary N) is 1. The molecule has 92 valence electrons. The molecule has 0 saturated carbocycles. The molecule has 6 nitrogen and oxygen atoms in total. The minimum atomic E-state index is -0.833. The van der Waals surface area contributed by atoms with Gasteiger partial charge in [-0.1, -0.05) is 11.6 Å². The first-order valence-electron chi connectivity index (χ1n) is 5.31. The lowest BCUT2D eigenvalue weighted by Gasteiger charge is -2.31. The number of aliphatic carboxylic acids is 1. The molecule has 1 aliphatic rings. The van der Waals surface area contributed by atoms with Gasteiger partial charge in [0, 0.05) is 38.6 Å². The monoisotopic (exact) mass is 256 g/mol. The number of carboxylic acid groups (broad SMARTS) is 1. The maximum atomic E-state index is 10.9. The van der Waals surface area contributed by atoms with Crippen molar-refractivity contribution in [2.75, 3.05) is 19.6 Å². The summed E-state index contributed by atoms with van der Waals surface area (Å²) in [6.45, 7) is 2.39. The van der Waals surface area contributed by atoms with Gasteiger partial charge in [0.1, 0.15) is 6.04 Å². The predicted octanol–water partition coefficient (Wildman–Crippen LogP) is -0.0116.